The standard InChI is InChI=1S/C25H23N5O8/c31-23(32)7-8-26-24(33)19-10-17-20(28(13-27-17)11-16-3-1-2-4-18(16)30(35)36)12-29(19)25(34)15-5-6-21-22(9-15)38-14-37-21/h1-6,9,13,19H,7-8,10-12,14H2,(H,26,33)(H,31,32). The van der Waals surface area contributed by atoms with Crippen LogP contribution in [0.5, 0.6) is 11.5 Å². The number of carbonyl (C=O) groups is 3. The molecule has 0 fully saturated rings. The number of rotatable bonds is 8. The molecule has 0 bridgehead atoms. The molecule has 2 N–H and O–H groups in total. The van der Waals surface area contributed by atoms with Crippen LogP contribution in [-0.4, -0.2) is 61.6 Å². The number of carboxylic acids is 1. The van der Waals surface area contributed by atoms with Crippen LogP contribution in [0.1, 0.15) is 33.7 Å². The Morgan fingerprint density at radius 3 is 2.74 bits per heavy atom. The van der Waals surface area contributed by atoms with Crippen molar-refractivity contribution in [1.82, 2.24) is 19.8 Å². The monoisotopic (exact) mass is 521 g/mol. The molecule has 0 radical (unpaired) electrons. The zero-order valence-corrected chi connectivity index (χ0v) is 20.0. The van der Waals surface area contributed by atoms with Crippen LogP contribution in [0.2, 0.25) is 0 Å². The minimum absolute atomic E-state index is 0.0141. The SMILES string of the molecule is O=C(O)CCNC(=O)C1Cc2ncn(Cc3ccccc3[N+](=O)[O-])c2CN1C(=O)c1ccc2c(c1)OCO2. The molecular weight excluding hydrogens is 498 g/mol. The van der Waals surface area contributed by atoms with E-state index in [1.165, 1.54) is 17.3 Å². The molecule has 0 aliphatic carbocycles. The summed E-state index contributed by atoms with van der Waals surface area (Å²) in [5.74, 6) is -1.08. The molecule has 3 aromatic rings. The number of carboxylic acid groups (broad SMARTS) is 1. The van der Waals surface area contributed by atoms with Gasteiger partial charge in [-0.25, -0.2) is 4.98 Å². The van der Waals surface area contributed by atoms with E-state index in [0.717, 1.165) is 0 Å². The third-order valence-electron chi connectivity index (χ3n) is 6.47. The second kappa shape index (κ2) is 10.2. The topological polar surface area (TPSA) is 166 Å². The van der Waals surface area contributed by atoms with Gasteiger partial charge in [0.2, 0.25) is 12.7 Å². The normalized spacial score (nSPS) is 15.6. The van der Waals surface area contributed by atoms with Crippen molar-refractivity contribution in [3.05, 3.63) is 81.4 Å². The van der Waals surface area contributed by atoms with Gasteiger partial charge in [-0.3, -0.25) is 24.5 Å². The van der Waals surface area contributed by atoms with Crippen molar-refractivity contribution in [2.75, 3.05) is 13.3 Å². The van der Waals surface area contributed by atoms with Gasteiger partial charge in [-0.15, -0.1) is 0 Å². The third-order valence-corrected chi connectivity index (χ3v) is 6.47. The first kappa shape index (κ1) is 24.7. The minimum Gasteiger partial charge on any atom is -0.481 e. The summed E-state index contributed by atoms with van der Waals surface area (Å²) in [4.78, 5) is 54.5. The number of hydrogen-bond acceptors (Lipinski definition) is 8. The third kappa shape index (κ3) is 4.85. The van der Waals surface area contributed by atoms with Crippen molar-refractivity contribution >= 4 is 23.5 Å². The van der Waals surface area contributed by atoms with Gasteiger partial charge in [0, 0.05) is 30.2 Å². The van der Waals surface area contributed by atoms with Crippen LogP contribution >= 0.6 is 0 Å². The Hall–Kier alpha value is -4.94. The number of benzene rings is 2. The number of amides is 2. The molecule has 1 aromatic heterocycles. The molecule has 0 saturated heterocycles. The Bertz CT molecular complexity index is 1430. The van der Waals surface area contributed by atoms with E-state index in [0.29, 0.717) is 28.5 Å². The number of carbonyl (C=O) groups excluding carboxylic acids is 2. The van der Waals surface area contributed by atoms with E-state index < -0.39 is 28.7 Å². The zero-order valence-electron chi connectivity index (χ0n) is 20.0. The number of nitro groups is 1. The first-order valence-electron chi connectivity index (χ1n) is 11.8. The summed E-state index contributed by atoms with van der Waals surface area (Å²) in [6.45, 7) is 0.121. The molecule has 0 saturated carbocycles. The molecule has 2 amide bonds. The molecule has 1 unspecified atom stereocenters. The van der Waals surface area contributed by atoms with Crippen LogP contribution < -0.4 is 14.8 Å². The highest BCUT2D eigenvalue weighted by Crippen LogP contribution is 2.34. The maximum Gasteiger partial charge on any atom is 0.305 e. The largest absolute Gasteiger partial charge is 0.481 e. The highest BCUT2D eigenvalue weighted by molar-refractivity contribution is 5.98. The van der Waals surface area contributed by atoms with Crippen LogP contribution in [0.15, 0.2) is 48.8 Å². The second-order valence-electron chi connectivity index (χ2n) is 8.81. The first-order chi connectivity index (χ1) is 18.3. The van der Waals surface area contributed by atoms with Crippen LogP contribution in [0.4, 0.5) is 5.69 Å². The molecule has 13 heteroatoms. The number of nitrogens with one attached hydrogen (secondary N) is 1. The van der Waals surface area contributed by atoms with Crippen molar-refractivity contribution < 1.29 is 33.9 Å². The van der Waals surface area contributed by atoms with Gasteiger partial charge in [0.1, 0.15) is 6.04 Å². The Morgan fingerprint density at radius 2 is 1.95 bits per heavy atom. The smallest absolute Gasteiger partial charge is 0.305 e. The Labute approximate surface area is 215 Å². The summed E-state index contributed by atoms with van der Waals surface area (Å²) in [6, 6.07) is 10.2. The molecule has 38 heavy (non-hydrogen) atoms. The Balaban J connectivity index is 1.46. The first-order valence-corrected chi connectivity index (χ1v) is 11.8. The molecule has 2 aliphatic rings. The molecular formula is C25H23N5O8. The van der Waals surface area contributed by atoms with Crippen molar-refractivity contribution in [2.24, 2.45) is 0 Å². The summed E-state index contributed by atoms with van der Waals surface area (Å²) in [5.41, 5.74) is 1.95. The van der Waals surface area contributed by atoms with Crippen LogP contribution in [0.25, 0.3) is 0 Å². The van der Waals surface area contributed by atoms with Gasteiger partial charge in [0.25, 0.3) is 11.6 Å². The van der Waals surface area contributed by atoms with E-state index in [1.807, 2.05) is 0 Å². The van der Waals surface area contributed by atoms with E-state index in [4.69, 9.17) is 14.6 Å². The van der Waals surface area contributed by atoms with E-state index in [9.17, 15) is 24.5 Å². The lowest BCUT2D eigenvalue weighted by atomic mass is 9.99. The number of para-hydroxylation sites is 1. The van der Waals surface area contributed by atoms with Crippen molar-refractivity contribution in [3.63, 3.8) is 0 Å². The number of ether oxygens (including phenoxy) is 2. The molecule has 2 aromatic carbocycles. The van der Waals surface area contributed by atoms with Crippen molar-refractivity contribution in [2.45, 2.75) is 32.0 Å². The molecule has 13 nitrogen and oxygen atoms in total. The Morgan fingerprint density at radius 1 is 1.16 bits per heavy atom. The van der Waals surface area contributed by atoms with Gasteiger partial charge < -0.3 is 29.4 Å². The second-order valence-corrected chi connectivity index (χ2v) is 8.81. The number of aliphatic carboxylic acids is 1. The van der Waals surface area contributed by atoms with E-state index in [-0.39, 0.29) is 50.5 Å². The number of hydrogen-bond donors (Lipinski definition) is 2. The lowest BCUT2D eigenvalue weighted by Gasteiger charge is -2.35. The molecule has 2 aliphatic heterocycles. The van der Waals surface area contributed by atoms with Gasteiger partial charge in [0.05, 0.1) is 42.1 Å². The maximum atomic E-state index is 13.7. The number of aromatic nitrogens is 2. The fraction of sp³-hybridized carbons (Fsp3) is 0.280. The lowest BCUT2D eigenvalue weighted by molar-refractivity contribution is -0.385. The molecule has 196 valence electrons. The summed E-state index contributed by atoms with van der Waals surface area (Å²) >= 11 is 0. The minimum atomic E-state index is -1.06. The van der Waals surface area contributed by atoms with Gasteiger partial charge in [-0.05, 0) is 18.2 Å². The van der Waals surface area contributed by atoms with E-state index in [1.54, 1.807) is 41.0 Å². The van der Waals surface area contributed by atoms with Crippen LogP contribution in [-0.2, 0) is 29.1 Å². The Kier molecular flexibility index (Phi) is 6.64. The molecule has 0 spiro atoms. The number of nitrogens with zero attached hydrogens (tertiary/aromatic N) is 4. The van der Waals surface area contributed by atoms with Gasteiger partial charge >= 0.3 is 5.97 Å². The average molecular weight is 521 g/mol. The van der Waals surface area contributed by atoms with Gasteiger partial charge in [-0.2, -0.15) is 0 Å². The van der Waals surface area contributed by atoms with E-state index >= 15 is 0 Å². The van der Waals surface area contributed by atoms with Crippen molar-refractivity contribution in [1.29, 1.82) is 0 Å². The summed E-state index contributed by atoms with van der Waals surface area (Å²) in [6.07, 6.45) is 1.37. The summed E-state index contributed by atoms with van der Waals surface area (Å²) < 4.78 is 12.4. The van der Waals surface area contributed by atoms with E-state index in [2.05, 4.69) is 10.3 Å². The van der Waals surface area contributed by atoms with Gasteiger partial charge in [-0.1, -0.05) is 18.2 Å². The predicted octanol–water partition coefficient (Wildman–Crippen LogP) is 1.73. The highest BCUT2D eigenvalue weighted by Gasteiger charge is 2.38. The van der Waals surface area contributed by atoms with Crippen molar-refractivity contribution in [3.8, 4) is 11.5 Å². The lowest BCUT2D eigenvalue weighted by Crippen LogP contribution is -2.53. The maximum absolute atomic E-state index is 13.7. The number of imidazole rings is 1. The fourth-order valence-corrected chi connectivity index (χ4v) is 4.56. The zero-order chi connectivity index (χ0) is 26.8. The van der Waals surface area contributed by atoms with Crippen LogP contribution in [0.3, 0.4) is 0 Å². The summed E-state index contributed by atoms with van der Waals surface area (Å²) in [5, 5.41) is 23.0. The quantitative estimate of drug-likeness (QED) is 0.331. The molecule has 3 heterocycles. The molecule has 5 rings (SSSR count). The van der Waals surface area contributed by atoms with Gasteiger partial charge in [0.15, 0.2) is 11.5 Å². The fourth-order valence-electron chi connectivity index (χ4n) is 4.56. The highest BCUT2D eigenvalue weighted by atomic mass is 16.7. The average Bonchev–Trinajstić information content (AvgIpc) is 3.53. The number of fused-ring (bicyclic) bond motifs is 2. The molecule has 1 atom stereocenters. The van der Waals surface area contributed by atoms with Crippen LogP contribution in [0, 0.1) is 10.1 Å². The predicted molar refractivity (Wildman–Crippen MR) is 130 cm³/mol. The summed E-state index contributed by atoms with van der Waals surface area (Å²) in [7, 11) is 0. The number of nitro benzene ring substituents is 1.